The van der Waals surface area contributed by atoms with Crippen LogP contribution in [0.5, 0.6) is 5.75 Å². The number of hydrogen-bond acceptors (Lipinski definition) is 5. The molecule has 2 aromatic rings. The van der Waals surface area contributed by atoms with Crippen molar-refractivity contribution in [3.05, 3.63) is 34.6 Å². The zero-order chi connectivity index (χ0) is 14.5. The van der Waals surface area contributed by atoms with Gasteiger partial charge in [0.15, 0.2) is 5.16 Å². The molecule has 1 N–H and O–H groups in total. The summed E-state index contributed by atoms with van der Waals surface area (Å²) in [6.07, 6.45) is 0.962. The van der Waals surface area contributed by atoms with Crippen LogP contribution >= 0.6 is 35.0 Å². The molecule has 0 aliphatic carbocycles. The molecule has 108 valence electrons. The Morgan fingerprint density at radius 2 is 2.25 bits per heavy atom. The van der Waals surface area contributed by atoms with E-state index in [9.17, 15) is 5.11 Å². The van der Waals surface area contributed by atoms with Gasteiger partial charge in [0.2, 0.25) is 0 Å². The Hall–Kier alpha value is -0.950. The van der Waals surface area contributed by atoms with Gasteiger partial charge in [-0.3, -0.25) is 0 Å². The van der Waals surface area contributed by atoms with Crippen molar-refractivity contribution in [3.8, 4) is 5.75 Å². The van der Waals surface area contributed by atoms with E-state index < -0.39 is 6.10 Å². The highest BCUT2D eigenvalue weighted by Crippen LogP contribution is 2.28. The summed E-state index contributed by atoms with van der Waals surface area (Å²) in [5, 5.41) is 19.3. The van der Waals surface area contributed by atoms with Gasteiger partial charge < -0.3 is 14.4 Å². The SMILES string of the molecule is Cn1cnnc1SCC(O)COc1cc(Cl)ccc1Cl. The molecule has 0 saturated carbocycles. The zero-order valence-corrected chi connectivity index (χ0v) is 13.0. The maximum absolute atomic E-state index is 9.88. The third kappa shape index (κ3) is 4.28. The molecule has 0 amide bonds. The zero-order valence-electron chi connectivity index (χ0n) is 10.7. The van der Waals surface area contributed by atoms with E-state index in [-0.39, 0.29) is 6.61 Å². The first-order chi connectivity index (χ1) is 9.56. The lowest BCUT2D eigenvalue weighted by molar-refractivity contribution is 0.126. The largest absolute Gasteiger partial charge is 0.489 e. The molecule has 1 aromatic carbocycles. The van der Waals surface area contributed by atoms with Gasteiger partial charge in [-0.15, -0.1) is 10.2 Å². The van der Waals surface area contributed by atoms with Crippen molar-refractivity contribution in [1.29, 1.82) is 0 Å². The van der Waals surface area contributed by atoms with Crippen LogP contribution in [0.3, 0.4) is 0 Å². The molecule has 0 radical (unpaired) electrons. The molecule has 0 saturated heterocycles. The number of rotatable bonds is 6. The summed E-state index contributed by atoms with van der Waals surface area (Å²) >= 11 is 13.2. The average molecular weight is 334 g/mol. The lowest BCUT2D eigenvalue weighted by atomic mass is 10.3. The third-order valence-corrected chi connectivity index (χ3v) is 4.13. The average Bonchev–Trinajstić information content (AvgIpc) is 2.83. The number of aromatic nitrogens is 3. The molecule has 0 aliphatic rings. The van der Waals surface area contributed by atoms with E-state index in [0.717, 1.165) is 5.16 Å². The number of halogens is 2. The minimum absolute atomic E-state index is 0.130. The van der Waals surface area contributed by atoms with E-state index in [1.54, 1.807) is 29.1 Å². The molecule has 0 fully saturated rings. The maximum atomic E-state index is 9.88. The van der Waals surface area contributed by atoms with Crippen LogP contribution in [0.1, 0.15) is 0 Å². The monoisotopic (exact) mass is 333 g/mol. The topological polar surface area (TPSA) is 60.2 Å². The highest BCUT2D eigenvalue weighted by molar-refractivity contribution is 7.99. The van der Waals surface area contributed by atoms with Gasteiger partial charge in [0.1, 0.15) is 18.7 Å². The van der Waals surface area contributed by atoms with E-state index in [1.807, 2.05) is 7.05 Å². The molecular weight excluding hydrogens is 321 g/mol. The van der Waals surface area contributed by atoms with Gasteiger partial charge >= 0.3 is 0 Å². The molecule has 1 aromatic heterocycles. The quantitative estimate of drug-likeness (QED) is 0.823. The second-order valence-electron chi connectivity index (χ2n) is 4.07. The summed E-state index contributed by atoms with van der Waals surface area (Å²) < 4.78 is 7.24. The minimum atomic E-state index is -0.647. The third-order valence-electron chi connectivity index (χ3n) is 2.40. The first-order valence-electron chi connectivity index (χ1n) is 5.79. The molecule has 2 rings (SSSR count). The lowest BCUT2D eigenvalue weighted by Gasteiger charge is -2.13. The number of thioether (sulfide) groups is 1. The fraction of sp³-hybridized carbons (Fsp3) is 0.333. The van der Waals surface area contributed by atoms with Crippen molar-refractivity contribution < 1.29 is 9.84 Å². The Labute approximate surface area is 130 Å². The van der Waals surface area contributed by atoms with Gasteiger partial charge in [0.05, 0.1) is 11.1 Å². The highest BCUT2D eigenvalue weighted by atomic mass is 35.5. The van der Waals surface area contributed by atoms with Crippen molar-refractivity contribution in [2.75, 3.05) is 12.4 Å². The van der Waals surface area contributed by atoms with Gasteiger partial charge in [-0.2, -0.15) is 0 Å². The molecule has 0 spiro atoms. The molecule has 8 heteroatoms. The molecule has 1 heterocycles. The number of ether oxygens (including phenoxy) is 1. The summed E-state index contributed by atoms with van der Waals surface area (Å²) in [6, 6.07) is 4.95. The number of aryl methyl sites for hydroxylation is 1. The Morgan fingerprint density at radius 1 is 1.45 bits per heavy atom. The fourth-order valence-electron chi connectivity index (χ4n) is 1.40. The predicted octanol–water partition coefficient (Wildman–Crippen LogP) is 2.65. The van der Waals surface area contributed by atoms with Crippen LogP contribution in [-0.2, 0) is 7.05 Å². The molecule has 0 aliphatic heterocycles. The summed E-state index contributed by atoms with van der Waals surface area (Å²) in [6.45, 7) is 0.130. The number of hydrogen-bond donors (Lipinski definition) is 1. The van der Waals surface area contributed by atoms with E-state index in [1.165, 1.54) is 11.8 Å². The molecular formula is C12H13Cl2N3O2S. The van der Waals surface area contributed by atoms with Crippen LogP contribution in [0.15, 0.2) is 29.7 Å². The molecule has 0 bridgehead atoms. The summed E-state index contributed by atoms with van der Waals surface area (Å²) in [5.41, 5.74) is 0. The summed E-state index contributed by atoms with van der Waals surface area (Å²) in [5.74, 6) is 0.909. The second-order valence-corrected chi connectivity index (χ2v) is 5.91. The van der Waals surface area contributed by atoms with Crippen LogP contribution in [0.25, 0.3) is 0 Å². The molecule has 20 heavy (non-hydrogen) atoms. The van der Waals surface area contributed by atoms with E-state index in [4.69, 9.17) is 27.9 Å². The first kappa shape index (κ1) is 15.4. The lowest BCUT2D eigenvalue weighted by Crippen LogP contribution is -2.20. The van der Waals surface area contributed by atoms with E-state index in [0.29, 0.717) is 21.5 Å². The summed E-state index contributed by atoms with van der Waals surface area (Å²) in [7, 11) is 1.84. The van der Waals surface area contributed by atoms with Crippen molar-refractivity contribution >= 4 is 35.0 Å². The van der Waals surface area contributed by atoms with Crippen molar-refractivity contribution in [3.63, 3.8) is 0 Å². The number of nitrogens with zero attached hydrogens (tertiary/aromatic N) is 3. The number of aliphatic hydroxyl groups is 1. The van der Waals surface area contributed by atoms with Crippen LogP contribution in [-0.4, -0.2) is 38.3 Å². The van der Waals surface area contributed by atoms with Crippen LogP contribution in [0, 0.1) is 0 Å². The minimum Gasteiger partial charge on any atom is -0.489 e. The van der Waals surface area contributed by atoms with Gasteiger partial charge in [-0.1, -0.05) is 35.0 Å². The molecule has 1 atom stereocenters. The Bertz CT molecular complexity index is 580. The Kier molecular flexibility index (Phi) is 5.54. The number of aliphatic hydroxyl groups excluding tert-OH is 1. The molecule has 5 nitrogen and oxygen atoms in total. The van der Waals surface area contributed by atoms with E-state index in [2.05, 4.69) is 10.2 Å². The highest BCUT2D eigenvalue weighted by Gasteiger charge is 2.10. The van der Waals surface area contributed by atoms with Crippen LogP contribution in [0.4, 0.5) is 0 Å². The van der Waals surface area contributed by atoms with Crippen molar-refractivity contribution in [1.82, 2.24) is 14.8 Å². The standard InChI is InChI=1S/C12H13Cl2N3O2S/c1-17-7-15-16-12(17)20-6-9(18)5-19-11-4-8(13)2-3-10(11)14/h2-4,7,9,18H,5-6H2,1H3. The normalized spacial score (nSPS) is 12.4. The van der Waals surface area contributed by atoms with Crippen molar-refractivity contribution in [2.45, 2.75) is 11.3 Å². The van der Waals surface area contributed by atoms with Gasteiger partial charge in [0.25, 0.3) is 0 Å². The smallest absolute Gasteiger partial charge is 0.190 e. The van der Waals surface area contributed by atoms with Crippen molar-refractivity contribution in [2.24, 2.45) is 7.05 Å². The van der Waals surface area contributed by atoms with Crippen LogP contribution < -0.4 is 4.74 Å². The first-order valence-corrected chi connectivity index (χ1v) is 7.53. The Balaban J connectivity index is 1.81. The Morgan fingerprint density at radius 3 is 2.95 bits per heavy atom. The van der Waals surface area contributed by atoms with E-state index >= 15 is 0 Å². The fourth-order valence-corrected chi connectivity index (χ4v) is 2.52. The number of benzene rings is 1. The predicted molar refractivity (Wildman–Crippen MR) is 79.7 cm³/mol. The molecule has 1 unspecified atom stereocenters. The second kappa shape index (κ2) is 7.17. The summed E-state index contributed by atoms with van der Waals surface area (Å²) in [4.78, 5) is 0. The maximum Gasteiger partial charge on any atom is 0.190 e. The van der Waals surface area contributed by atoms with Gasteiger partial charge in [-0.25, -0.2) is 0 Å². The van der Waals surface area contributed by atoms with Gasteiger partial charge in [-0.05, 0) is 12.1 Å². The van der Waals surface area contributed by atoms with Gasteiger partial charge in [0, 0.05) is 23.9 Å². The van der Waals surface area contributed by atoms with Crippen LogP contribution in [0.2, 0.25) is 10.0 Å².